The molecule has 16 heavy (non-hydrogen) atoms. The van der Waals surface area contributed by atoms with Crippen molar-refractivity contribution in [3.63, 3.8) is 0 Å². The molecule has 1 aromatic carbocycles. The zero-order valence-corrected chi connectivity index (χ0v) is 9.80. The lowest BCUT2D eigenvalue weighted by Crippen LogP contribution is -1.94. The Bertz CT molecular complexity index is 383. The highest BCUT2D eigenvalue weighted by Crippen LogP contribution is 2.22. The molecule has 1 aromatic rings. The fourth-order valence-corrected chi connectivity index (χ4v) is 1.20. The molecular weight excluding hydrogens is 204 g/mol. The molecular formula is C12H16N2O2. The van der Waals surface area contributed by atoms with E-state index in [1.165, 1.54) is 12.1 Å². The summed E-state index contributed by atoms with van der Waals surface area (Å²) in [5, 5.41) is 19.0. The van der Waals surface area contributed by atoms with Gasteiger partial charge in [0.2, 0.25) is 0 Å². The van der Waals surface area contributed by atoms with E-state index < -0.39 is 4.92 Å². The summed E-state index contributed by atoms with van der Waals surface area (Å²) < 4.78 is 0. The van der Waals surface area contributed by atoms with Crippen LogP contribution in [0.3, 0.4) is 0 Å². The molecule has 1 rings (SSSR count). The smallest absolute Gasteiger partial charge is 0.258 e. The van der Waals surface area contributed by atoms with E-state index in [1.807, 2.05) is 26.8 Å². The van der Waals surface area contributed by atoms with Crippen LogP contribution in [0.15, 0.2) is 24.3 Å². The van der Waals surface area contributed by atoms with E-state index >= 15 is 0 Å². The molecule has 0 amide bonds. The summed E-state index contributed by atoms with van der Waals surface area (Å²) in [6.07, 6.45) is 0.376. The maximum Gasteiger partial charge on any atom is 0.269 e. The van der Waals surface area contributed by atoms with Crippen LogP contribution in [0.1, 0.15) is 38.7 Å². The number of nitro benzene ring substituents is 1. The molecule has 0 radical (unpaired) electrons. The van der Waals surface area contributed by atoms with Crippen molar-refractivity contribution < 1.29 is 4.92 Å². The molecule has 0 aromatic heterocycles. The molecule has 0 aliphatic rings. The Morgan fingerprint density at radius 1 is 1.50 bits per heavy atom. The van der Waals surface area contributed by atoms with E-state index in [9.17, 15) is 10.1 Å². The molecule has 0 aliphatic carbocycles. The molecule has 0 spiro atoms. The second-order valence-corrected chi connectivity index (χ2v) is 3.12. The van der Waals surface area contributed by atoms with Crippen LogP contribution in [0.4, 0.5) is 5.69 Å². The van der Waals surface area contributed by atoms with E-state index in [0.717, 1.165) is 5.56 Å². The Morgan fingerprint density at radius 2 is 2.12 bits per heavy atom. The number of rotatable bonds is 3. The summed E-state index contributed by atoms with van der Waals surface area (Å²) in [5.74, 6) is 0.0416. The molecule has 4 nitrogen and oxygen atoms in total. The van der Waals surface area contributed by atoms with Gasteiger partial charge in [-0.2, -0.15) is 5.26 Å². The van der Waals surface area contributed by atoms with Crippen LogP contribution in [0.2, 0.25) is 0 Å². The van der Waals surface area contributed by atoms with E-state index in [-0.39, 0.29) is 11.6 Å². The zero-order chi connectivity index (χ0) is 12.6. The fraction of sp³-hybridized carbons (Fsp3) is 0.417. The van der Waals surface area contributed by atoms with Gasteiger partial charge in [-0.15, -0.1) is 0 Å². The lowest BCUT2D eigenvalue weighted by molar-refractivity contribution is -0.384. The predicted octanol–water partition coefficient (Wildman–Crippen LogP) is 3.64. The average Bonchev–Trinajstić information content (AvgIpc) is 2.32. The van der Waals surface area contributed by atoms with E-state index in [4.69, 9.17) is 5.26 Å². The monoisotopic (exact) mass is 220 g/mol. The van der Waals surface area contributed by atoms with Crippen LogP contribution in [-0.2, 0) is 0 Å². The van der Waals surface area contributed by atoms with E-state index in [0.29, 0.717) is 6.42 Å². The van der Waals surface area contributed by atoms with Crippen molar-refractivity contribution in [1.29, 1.82) is 5.26 Å². The molecule has 4 heteroatoms. The third-order valence-corrected chi connectivity index (χ3v) is 2.05. The lowest BCUT2D eigenvalue weighted by atomic mass is 9.98. The van der Waals surface area contributed by atoms with Gasteiger partial charge in [0.15, 0.2) is 0 Å². The number of non-ortho nitro benzene ring substituents is 1. The minimum absolute atomic E-state index is 0.0416. The van der Waals surface area contributed by atoms with Gasteiger partial charge in [0.05, 0.1) is 11.0 Å². The Hall–Kier alpha value is -1.89. The Balaban J connectivity index is 0.00000106. The molecule has 0 heterocycles. The maximum atomic E-state index is 10.5. The fourth-order valence-electron chi connectivity index (χ4n) is 1.20. The minimum atomic E-state index is -0.428. The lowest BCUT2D eigenvalue weighted by Gasteiger charge is -2.06. The topological polar surface area (TPSA) is 66.9 Å². The van der Waals surface area contributed by atoms with Gasteiger partial charge in [-0.3, -0.25) is 10.1 Å². The highest BCUT2D eigenvalue weighted by molar-refractivity contribution is 5.36. The largest absolute Gasteiger partial charge is 0.269 e. The number of nitro groups is 1. The van der Waals surface area contributed by atoms with Gasteiger partial charge in [-0.25, -0.2) is 0 Å². The van der Waals surface area contributed by atoms with Crippen LogP contribution in [-0.4, -0.2) is 4.92 Å². The van der Waals surface area contributed by atoms with Gasteiger partial charge in [-0.1, -0.05) is 32.9 Å². The van der Waals surface area contributed by atoms with Crippen molar-refractivity contribution in [2.45, 2.75) is 33.1 Å². The summed E-state index contributed by atoms with van der Waals surface area (Å²) in [4.78, 5) is 10.0. The maximum absolute atomic E-state index is 10.5. The van der Waals surface area contributed by atoms with Crippen molar-refractivity contribution >= 4 is 5.69 Å². The van der Waals surface area contributed by atoms with Gasteiger partial charge in [0, 0.05) is 18.6 Å². The third-order valence-electron chi connectivity index (χ3n) is 2.05. The SMILES string of the molecule is CC.CC(CC#N)c1cccc([N+](=O)[O-])c1. The van der Waals surface area contributed by atoms with Gasteiger partial charge < -0.3 is 0 Å². The van der Waals surface area contributed by atoms with Crippen molar-refractivity contribution in [3.8, 4) is 6.07 Å². The highest BCUT2D eigenvalue weighted by atomic mass is 16.6. The van der Waals surface area contributed by atoms with Crippen LogP contribution in [0, 0.1) is 21.4 Å². The molecule has 0 aliphatic heterocycles. The summed E-state index contributed by atoms with van der Waals surface area (Å²) in [7, 11) is 0. The summed E-state index contributed by atoms with van der Waals surface area (Å²) in [6, 6.07) is 8.45. The first-order valence-electron chi connectivity index (χ1n) is 5.26. The van der Waals surface area contributed by atoms with Crippen LogP contribution in [0.5, 0.6) is 0 Å². The Kier molecular flexibility index (Phi) is 6.53. The predicted molar refractivity (Wildman–Crippen MR) is 63.1 cm³/mol. The normalized spacial score (nSPS) is 10.6. The number of hydrogen-bond acceptors (Lipinski definition) is 3. The third kappa shape index (κ3) is 4.09. The van der Waals surface area contributed by atoms with E-state index in [1.54, 1.807) is 12.1 Å². The summed E-state index contributed by atoms with van der Waals surface area (Å²) in [6.45, 7) is 5.88. The minimum Gasteiger partial charge on any atom is -0.258 e. The zero-order valence-electron chi connectivity index (χ0n) is 9.80. The molecule has 1 atom stereocenters. The molecule has 0 fully saturated rings. The number of hydrogen-bond donors (Lipinski definition) is 0. The standard InChI is InChI=1S/C10H10N2O2.C2H6/c1-8(5-6-11)9-3-2-4-10(7-9)12(13)14;1-2/h2-4,7-8H,5H2,1H3;1-2H3. The first kappa shape index (κ1) is 14.1. The van der Waals surface area contributed by atoms with Crippen molar-refractivity contribution in [2.24, 2.45) is 0 Å². The van der Waals surface area contributed by atoms with Crippen molar-refractivity contribution in [2.75, 3.05) is 0 Å². The van der Waals surface area contributed by atoms with Gasteiger partial charge in [0.25, 0.3) is 5.69 Å². The van der Waals surface area contributed by atoms with Gasteiger partial charge >= 0.3 is 0 Å². The molecule has 0 bridgehead atoms. The molecule has 0 saturated heterocycles. The Labute approximate surface area is 95.7 Å². The number of benzene rings is 1. The molecule has 86 valence electrons. The van der Waals surface area contributed by atoms with Crippen LogP contribution < -0.4 is 0 Å². The van der Waals surface area contributed by atoms with Crippen LogP contribution >= 0.6 is 0 Å². The number of nitrogens with zero attached hydrogens (tertiary/aromatic N) is 2. The second-order valence-electron chi connectivity index (χ2n) is 3.12. The summed E-state index contributed by atoms with van der Waals surface area (Å²) >= 11 is 0. The van der Waals surface area contributed by atoms with Crippen molar-refractivity contribution in [3.05, 3.63) is 39.9 Å². The van der Waals surface area contributed by atoms with Crippen LogP contribution in [0.25, 0.3) is 0 Å². The first-order valence-corrected chi connectivity index (χ1v) is 5.26. The first-order chi connectivity index (χ1) is 7.65. The quantitative estimate of drug-likeness (QED) is 0.577. The van der Waals surface area contributed by atoms with Crippen molar-refractivity contribution in [1.82, 2.24) is 0 Å². The highest BCUT2D eigenvalue weighted by Gasteiger charge is 2.10. The van der Waals surface area contributed by atoms with E-state index in [2.05, 4.69) is 0 Å². The van der Waals surface area contributed by atoms with Gasteiger partial charge in [-0.05, 0) is 11.5 Å². The molecule has 0 N–H and O–H groups in total. The molecule has 1 unspecified atom stereocenters. The second kappa shape index (κ2) is 7.41. The van der Waals surface area contributed by atoms with Gasteiger partial charge in [0.1, 0.15) is 0 Å². The average molecular weight is 220 g/mol. The summed E-state index contributed by atoms with van der Waals surface area (Å²) in [5.41, 5.74) is 0.910. The Morgan fingerprint density at radius 3 is 2.62 bits per heavy atom. The molecule has 0 saturated carbocycles. The number of nitriles is 1.